The summed E-state index contributed by atoms with van der Waals surface area (Å²) in [5.41, 5.74) is 14.4. The third kappa shape index (κ3) is 6.11. The van der Waals surface area contributed by atoms with E-state index in [1.807, 2.05) is 18.2 Å². The van der Waals surface area contributed by atoms with E-state index in [4.69, 9.17) is 16.2 Å². The molecule has 2 aliphatic rings. The first-order valence-electron chi connectivity index (χ1n) is 12.9. The molecule has 1 fully saturated rings. The first-order chi connectivity index (χ1) is 16.4. The van der Waals surface area contributed by atoms with Crippen molar-refractivity contribution in [3.8, 4) is 5.75 Å². The number of hydrogen-bond acceptors (Lipinski definition) is 3. The summed E-state index contributed by atoms with van der Waals surface area (Å²) in [7, 11) is 0. The standard InChI is InChI=1S/C29H38F2N2O/c1-2-3-4-5-20-6-7-22(15-28(20)30)27-13-10-21(14-29(27)31)19-8-11-25(12-9-19)34-26-17-23(32)16-24(33)18-26/h6-7,10,13,15-19,21,25,27,29H,2-5,8-9,11-12,14,32-33H2,1H3. The van der Waals surface area contributed by atoms with Crippen LogP contribution in [-0.2, 0) is 6.42 Å². The van der Waals surface area contributed by atoms with E-state index in [1.165, 1.54) is 0 Å². The van der Waals surface area contributed by atoms with Crippen LogP contribution in [0.4, 0.5) is 20.2 Å². The molecule has 2 aromatic carbocycles. The Morgan fingerprint density at radius 1 is 0.941 bits per heavy atom. The van der Waals surface area contributed by atoms with Crippen molar-refractivity contribution < 1.29 is 13.5 Å². The van der Waals surface area contributed by atoms with E-state index in [2.05, 4.69) is 13.0 Å². The molecular weight excluding hydrogens is 430 g/mol. The second-order valence-electron chi connectivity index (χ2n) is 10.1. The van der Waals surface area contributed by atoms with Gasteiger partial charge in [-0.2, -0.15) is 0 Å². The number of ether oxygens (including phenoxy) is 1. The van der Waals surface area contributed by atoms with Crippen molar-refractivity contribution in [1.82, 2.24) is 0 Å². The maximum Gasteiger partial charge on any atom is 0.126 e. The molecule has 4 rings (SSSR count). The Morgan fingerprint density at radius 2 is 1.68 bits per heavy atom. The van der Waals surface area contributed by atoms with Crippen LogP contribution in [0.15, 0.2) is 48.6 Å². The van der Waals surface area contributed by atoms with Crippen molar-refractivity contribution in [2.45, 2.75) is 82.9 Å². The average Bonchev–Trinajstić information content (AvgIpc) is 2.80. The number of hydrogen-bond donors (Lipinski definition) is 2. The Balaban J connectivity index is 1.31. The third-order valence-electron chi connectivity index (χ3n) is 7.54. The van der Waals surface area contributed by atoms with Gasteiger partial charge >= 0.3 is 0 Å². The molecule has 0 spiro atoms. The predicted molar refractivity (Wildman–Crippen MR) is 136 cm³/mol. The smallest absolute Gasteiger partial charge is 0.126 e. The average molecular weight is 469 g/mol. The number of anilines is 2. The van der Waals surface area contributed by atoms with Crippen LogP contribution in [0.5, 0.6) is 5.75 Å². The SMILES string of the molecule is CCCCCc1ccc(C2C=CC(C3CCC(Oc4cc(N)cc(N)c4)CC3)CC2F)cc1F. The lowest BCUT2D eigenvalue weighted by Crippen LogP contribution is -2.31. The topological polar surface area (TPSA) is 61.3 Å². The number of benzene rings is 2. The van der Waals surface area contributed by atoms with Gasteiger partial charge in [0.15, 0.2) is 0 Å². The minimum atomic E-state index is -0.982. The van der Waals surface area contributed by atoms with Crippen LogP contribution in [0.2, 0.25) is 0 Å². The molecule has 0 heterocycles. The molecule has 4 N–H and O–H groups in total. The second-order valence-corrected chi connectivity index (χ2v) is 10.1. The monoisotopic (exact) mass is 468 g/mol. The molecule has 0 radical (unpaired) electrons. The molecule has 3 nitrogen and oxygen atoms in total. The van der Waals surface area contributed by atoms with Gasteiger partial charge in [-0.1, -0.05) is 44.1 Å². The third-order valence-corrected chi connectivity index (χ3v) is 7.54. The number of nitrogen functional groups attached to an aromatic ring is 2. The summed E-state index contributed by atoms with van der Waals surface area (Å²) in [4.78, 5) is 0. The van der Waals surface area contributed by atoms with Crippen LogP contribution in [-0.4, -0.2) is 12.3 Å². The van der Waals surface area contributed by atoms with Gasteiger partial charge in [0.05, 0.1) is 6.10 Å². The Labute approximate surface area is 202 Å². The highest BCUT2D eigenvalue weighted by Crippen LogP contribution is 2.41. The van der Waals surface area contributed by atoms with Crippen LogP contribution in [0, 0.1) is 17.7 Å². The fourth-order valence-electron chi connectivity index (χ4n) is 5.62. The summed E-state index contributed by atoms with van der Waals surface area (Å²) in [6, 6.07) is 10.6. The van der Waals surface area contributed by atoms with Crippen LogP contribution in [0.3, 0.4) is 0 Å². The van der Waals surface area contributed by atoms with E-state index < -0.39 is 6.17 Å². The molecule has 0 amide bonds. The van der Waals surface area contributed by atoms with E-state index >= 15 is 4.39 Å². The Hall–Kier alpha value is -2.56. The molecule has 2 aliphatic carbocycles. The lowest BCUT2D eigenvalue weighted by atomic mass is 9.72. The fourth-order valence-corrected chi connectivity index (χ4v) is 5.62. The number of rotatable bonds is 8. The van der Waals surface area contributed by atoms with Gasteiger partial charge in [0.2, 0.25) is 0 Å². The number of unbranched alkanes of at least 4 members (excludes halogenated alkanes) is 2. The highest BCUT2D eigenvalue weighted by molar-refractivity contribution is 5.56. The van der Waals surface area contributed by atoms with E-state index in [0.717, 1.165) is 62.5 Å². The van der Waals surface area contributed by atoms with Crippen molar-refractivity contribution in [1.29, 1.82) is 0 Å². The minimum Gasteiger partial charge on any atom is -0.490 e. The van der Waals surface area contributed by atoms with E-state index in [-0.39, 0.29) is 23.8 Å². The zero-order chi connectivity index (χ0) is 24.1. The molecule has 3 unspecified atom stereocenters. The molecular formula is C29H38F2N2O. The first kappa shape index (κ1) is 24.6. The van der Waals surface area contributed by atoms with Gasteiger partial charge in [-0.3, -0.25) is 0 Å². The molecule has 5 heteroatoms. The second kappa shape index (κ2) is 11.2. The summed E-state index contributed by atoms with van der Waals surface area (Å²) in [5.74, 6) is 0.849. The highest BCUT2D eigenvalue weighted by atomic mass is 19.1. The lowest BCUT2D eigenvalue weighted by molar-refractivity contribution is 0.107. The van der Waals surface area contributed by atoms with Crippen LogP contribution in [0.1, 0.15) is 75.3 Å². The molecule has 1 saturated carbocycles. The fraction of sp³-hybridized carbons (Fsp3) is 0.517. The van der Waals surface area contributed by atoms with Crippen molar-refractivity contribution in [3.63, 3.8) is 0 Å². The van der Waals surface area contributed by atoms with Crippen LogP contribution >= 0.6 is 0 Å². The molecule has 2 aromatic rings. The lowest BCUT2D eigenvalue weighted by Gasteiger charge is -2.36. The van der Waals surface area contributed by atoms with Crippen molar-refractivity contribution >= 4 is 11.4 Å². The Morgan fingerprint density at radius 3 is 2.32 bits per heavy atom. The Kier molecular flexibility index (Phi) is 8.12. The molecule has 3 atom stereocenters. The zero-order valence-corrected chi connectivity index (χ0v) is 20.2. The van der Waals surface area contributed by atoms with Gasteiger partial charge in [-0.25, -0.2) is 8.78 Å². The van der Waals surface area contributed by atoms with Gasteiger partial charge in [-0.15, -0.1) is 0 Å². The maximum absolute atomic E-state index is 15.2. The molecule has 184 valence electrons. The van der Waals surface area contributed by atoms with Gasteiger partial charge < -0.3 is 16.2 Å². The van der Waals surface area contributed by atoms with E-state index in [9.17, 15) is 4.39 Å². The van der Waals surface area contributed by atoms with Gasteiger partial charge in [-0.05, 0) is 80.0 Å². The van der Waals surface area contributed by atoms with Crippen LogP contribution < -0.4 is 16.2 Å². The maximum atomic E-state index is 15.2. The summed E-state index contributed by atoms with van der Waals surface area (Å²) in [5, 5.41) is 0. The van der Waals surface area contributed by atoms with Crippen molar-refractivity contribution in [3.05, 3.63) is 65.5 Å². The largest absolute Gasteiger partial charge is 0.490 e. The normalized spacial score (nSPS) is 27.0. The highest BCUT2D eigenvalue weighted by Gasteiger charge is 2.34. The minimum absolute atomic E-state index is 0.137. The molecule has 34 heavy (non-hydrogen) atoms. The summed E-state index contributed by atoms with van der Waals surface area (Å²) >= 11 is 0. The van der Waals surface area contributed by atoms with E-state index in [1.54, 1.807) is 24.3 Å². The summed E-state index contributed by atoms with van der Waals surface area (Å²) in [6.07, 6.45) is 11.7. The quantitative estimate of drug-likeness (QED) is 0.242. The molecule has 0 aliphatic heterocycles. The number of alkyl halides is 1. The molecule has 0 aromatic heterocycles. The van der Waals surface area contributed by atoms with Crippen molar-refractivity contribution in [2.24, 2.45) is 11.8 Å². The number of halogens is 2. The molecule has 0 saturated heterocycles. The molecule has 0 bridgehead atoms. The van der Waals surface area contributed by atoms with E-state index in [0.29, 0.717) is 29.5 Å². The number of allylic oxidation sites excluding steroid dienone is 2. The predicted octanol–water partition coefficient (Wildman–Crippen LogP) is 7.36. The summed E-state index contributed by atoms with van der Waals surface area (Å²) in [6.45, 7) is 2.14. The number of aryl methyl sites for hydroxylation is 1. The van der Waals surface area contributed by atoms with Crippen LogP contribution in [0.25, 0.3) is 0 Å². The van der Waals surface area contributed by atoms with Crippen molar-refractivity contribution in [2.75, 3.05) is 11.5 Å². The van der Waals surface area contributed by atoms with Gasteiger partial charge in [0, 0.05) is 29.4 Å². The Bertz CT molecular complexity index is 964. The van der Waals surface area contributed by atoms with Gasteiger partial charge in [0.25, 0.3) is 0 Å². The zero-order valence-electron chi connectivity index (χ0n) is 20.2. The first-order valence-corrected chi connectivity index (χ1v) is 12.9. The van der Waals surface area contributed by atoms with Gasteiger partial charge in [0.1, 0.15) is 17.7 Å². The summed E-state index contributed by atoms with van der Waals surface area (Å²) < 4.78 is 35.9. The number of nitrogens with two attached hydrogens (primary N) is 2.